The molecule has 0 aromatic heterocycles. The minimum atomic E-state index is -0.356. The van der Waals surface area contributed by atoms with E-state index < -0.39 is 0 Å². The van der Waals surface area contributed by atoms with Crippen molar-refractivity contribution in [3.05, 3.63) is 12.2 Å². The van der Waals surface area contributed by atoms with Crippen molar-refractivity contribution in [2.24, 2.45) is 17.8 Å². The standard InChI is InChI=1S/C10H12O4/c1-13-9(11)7-4-2-3-6-5-14-10(12)8(6)7/h2-3,6-8H,4-5H2,1H3/t6-,7+,8-/m1/s1. The van der Waals surface area contributed by atoms with E-state index in [1.807, 2.05) is 12.2 Å². The van der Waals surface area contributed by atoms with Crippen LogP contribution in [-0.2, 0) is 19.1 Å². The lowest BCUT2D eigenvalue weighted by molar-refractivity contribution is -0.154. The van der Waals surface area contributed by atoms with Crippen molar-refractivity contribution in [2.75, 3.05) is 13.7 Å². The molecule has 1 aliphatic carbocycles. The van der Waals surface area contributed by atoms with E-state index in [9.17, 15) is 9.59 Å². The van der Waals surface area contributed by atoms with Gasteiger partial charge in [0.2, 0.25) is 0 Å². The zero-order valence-corrected chi connectivity index (χ0v) is 7.93. The number of rotatable bonds is 1. The summed E-state index contributed by atoms with van der Waals surface area (Å²) in [5.41, 5.74) is 0. The van der Waals surface area contributed by atoms with Crippen LogP contribution < -0.4 is 0 Å². The first-order valence-corrected chi connectivity index (χ1v) is 4.65. The van der Waals surface area contributed by atoms with E-state index in [0.717, 1.165) is 0 Å². The zero-order chi connectivity index (χ0) is 10.1. The first kappa shape index (κ1) is 9.24. The molecule has 4 nitrogen and oxygen atoms in total. The fraction of sp³-hybridized carbons (Fsp3) is 0.600. The molecule has 0 N–H and O–H groups in total. The van der Waals surface area contributed by atoms with Gasteiger partial charge in [0.15, 0.2) is 0 Å². The van der Waals surface area contributed by atoms with Crippen molar-refractivity contribution in [2.45, 2.75) is 6.42 Å². The molecular weight excluding hydrogens is 184 g/mol. The van der Waals surface area contributed by atoms with Crippen LogP contribution in [0.1, 0.15) is 6.42 Å². The van der Waals surface area contributed by atoms with E-state index in [-0.39, 0.29) is 29.7 Å². The number of hydrogen-bond donors (Lipinski definition) is 0. The Morgan fingerprint density at radius 1 is 1.64 bits per heavy atom. The normalized spacial score (nSPS) is 34.9. The lowest BCUT2D eigenvalue weighted by Gasteiger charge is -2.23. The van der Waals surface area contributed by atoms with Crippen molar-refractivity contribution < 1.29 is 19.1 Å². The molecule has 0 saturated carbocycles. The van der Waals surface area contributed by atoms with E-state index in [2.05, 4.69) is 4.74 Å². The third kappa shape index (κ3) is 1.31. The third-order valence-corrected chi connectivity index (χ3v) is 2.86. The summed E-state index contributed by atoms with van der Waals surface area (Å²) in [5, 5.41) is 0. The van der Waals surface area contributed by atoms with Crippen LogP contribution in [0.25, 0.3) is 0 Å². The molecule has 0 aromatic carbocycles. The molecule has 0 bridgehead atoms. The largest absolute Gasteiger partial charge is 0.469 e. The summed E-state index contributed by atoms with van der Waals surface area (Å²) in [5.74, 6) is -1.21. The Morgan fingerprint density at radius 3 is 3.14 bits per heavy atom. The predicted octanol–water partition coefficient (Wildman–Crippen LogP) is 0.525. The molecule has 1 fully saturated rings. The first-order chi connectivity index (χ1) is 6.74. The van der Waals surface area contributed by atoms with Gasteiger partial charge in [-0.25, -0.2) is 0 Å². The molecule has 0 aromatic rings. The predicted molar refractivity (Wildman–Crippen MR) is 47.2 cm³/mol. The van der Waals surface area contributed by atoms with Crippen LogP contribution >= 0.6 is 0 Å². The molecule has 2 rings (SSSR count). The fourth-order valence-corrected chi connectivity index (χ4v) is 2.13. The summed E-state index contributed by atoms with van der Waals surface area (Å²) in [6.45, 7) is 0.396. The molecule has 1 aliphatic heterocycles. The van der Waals surface area contributed by atoms with Gasteiger partial charge in [-0.15, -0.1) is 0 Å². The number of methoxy groups -OCH3 is 1. The van der Waals surface area contributed by atoms with Crippen molar-refractivity contribution in [3.8, 4) is 0 Å². The van der Waals surface area contributed by atoms with Crippen LogP contribution in [0, 0.1) is 17.8 Å². The van der Waals surface area contributed by atoms with Gasteiger partial charge in [-0.2, -0.15) is 0 Å². The van der Waals surface area contributed by atoms with Gasteiger partial charge in [-0.3, -0.25) is 9.59 Å². The van der Waals surface area contributed by atoms with E-state index >= 15 is 0 Å². The minimum absolute atomic E-state index is 0.0559. The number of fused-ring (bicyclic) bond motifs is 1. The Morgan fingerprint density at radius 2 is 2.43 bits per heavy atom. The van der Waals surface area contributed by atoms with Gasteiger partial charge in [-0.1, -0.05) is 12.2 Å². The fourth-order valence-electron chi connectivity index (χ4n) is 2.13. The van der Waals surface area contributed by atoms with Gasteiger partial charge < -0.3 is 9.47 Å². The van der Waals surface area contributed by atoms with Gasteiger partial charge in [-0.05, 0) is 6.42 Å². The van der Waals surface area contributed by atoms with Crippen molar-refractivity contribution in [1.82, 2.24) is 0 Å². The van der Waals surface area contributed by atoms with Crippen LogP contribution in [0.15, 0.2) is 12.2 Å². The van der Waals surface area contributed by atoms with Gasteiger partial charge >= 0.3 is 11.9 Å². The monoisotopic (exact) mass is 196 g/mol. The third-order valence-electron chi connectivity index (χ3n) is 2.86. The molecule has 76 valence electrons. The number of allylic oxidation sites excluding steroid dienone is 1. The summed E-state index contributed by atoms with van der Waals surface area (Å²) >= 11 is 0. The Kier molecular flexibility index (Phi) is 2.27. The van der Waals surface area contributed by atoms with Crippen LogP contribution in [0.5, 0.6) is 0 Å². The summed E-state index contributed by atoms with van der Waals surface area (Å²) in [6.07, 6.45) is 4.45. The van der Waals surface area contributed by atoms with Gasteiger partial charge in [0.05, 0.1) is 25.6 Å². The highest BCUT2D eigenvalue weighted by Crippen LogP contribution is 2.36. The lowest BCUT2D eigenvalue weighted by atomic mass is 9.77. The summed E-state index contributed by atoms with van der Waals surface area (Å²) in [7, 11) is 1.34. The van der Waals surface area contributed by atoms with Crippen molar-refractivity contribution in [1.29, 1.82) is 0 Å². The smallest absolute Gasteiger partial charge is 0.310 e. The maximum Gasteiger partial charge on any atom is 0.310 e. The van der Waals surface area contributed by atoms with Gasteiger partial charge in [0.25, 0.3) is 0 Å². The average Bonchev–Trinajstić information content (AvgIpc) is 2.59. The van der Waals surface area contributed by atoms with Crippen molar-refractivity contribution >= 4 is 11.9 Å². The number of hydrogen-bond acceptors (Lipinski definition) is 4. The molecule has 14 heavy (non-hydrogen) atoms. The SMILES string of the molecule is COC(=O)[C@H]1CC=C[C@@H]2COC(=O)[C@H]21. The summed E-state index contributed by atoms with van der Waals surface area (Å²) < 4.78 is 9.59. The van der Waals surface area contributed by atoms with E-state index in [4.69, 9.17) is 4.74 Å². The highest BCUT2D eigenvalue weighted by molar-refractivity contribution is 5.84. The summed E-state index contributed by atoms with van der Waals surface area (Å²) in [6, 6.07) is 0. The number of ether oxygens (including phenoxy) is 2. The molecule has 4 heteroatoms. The number of carbonyl (C=O) groups excluding carboxylic acids is 2. The van der Waals surface area contributed by atoms with Crippen molar-refractivity contribution in [3.63, 3.8) is 0 Å². The van der Waals surface area contributed by atoms with E-state index in [0.29, 0.717) is 13.0 Å². The van der Waals surface area contributed by atoms with E-state index in [1.165, 1.54) is 7.11 Å². The maximum absolute atomic E-state index is 11.4. The second kappa shape index (κ2) is 3.44. The summed E-state index contributed by atoms with van der Waals surface area (Å²) in [4.78, 5) is 22.8. The number of cyclic esters (lactones) is 1. The quantitative estimate of drug-likeness (QED) is 0.453. The number of carbonyl (C=O) groups is 2. The van der Waals surface area contributed by atoms with Gasteiger partial charge in [0, 0.05) is 5.92 Å². The minimum Gasteiger partial charge on any atom is -0.469 e. The van der Waals surface area contributed by atoms with E-state index in [1.54, 1.807) is 0 Å². The molecule has 2 aliphatic rings. The molecule has 0 amide bonds. The van der Waals surface area contributed by atoms with Crippen LogP contribution in [0.4, 0.5) is 0 Å². The van der Waals surface area contributed by atoms with Gasteiger partial charge in [0.1, 0.15) is 0 Å². The molecule has 0 spiro atoms. The first-order valence-electron chi connectivity index (χ1n) is 4.65. The lowest BCUT2D eigenvalue weighted by Crippen LogP contribution is -2.33. The topological polar surface area (TPSA) is 52.6 Å². The highest BCUT2D eigenvalue weighted by atomic mass is 16.5. The molecule has 0 unspecified atom stereocenters. The second-order valence-corrected chi connectivity index (χ2v) is 3.61. The Labute approximate surface area is 81.9 Å². The molecule has 1 heterocycles. The molecule has 0 radical (unpaired) electrons. The maximum atomic E-state index is 11.4. The average molecular weight is 196 g/mol. The highest BCUT2D eigenvalue weighted by Gasteiger charge is 2.45. The molecular formula is C10H12O4. The Hall–Kier alpha value is -1.32. The number of esters is 2. The second-order valence-electron chi connectivity index (χ2n) is 3.61. The zero-order valence-electron chi connectivity index (χ0n) is 7.93. The molecule has 1 saturated heterocycles. The van der Waals surface area contributed by atoms with Crippen LogP contribution in [0.3, 0.4) is 0 Å². The van der Waals surface area contributed by atoms with Crippen LogP contribution in [0.2, 0.25) is 0 Å². The molecule has 3 atom stereocenters. The Balaban J connectivity index is 2.22. The Bertz CT molecular complexity index is 294. The van der Waals surface area contributed by atoms with Crippen LogP contribution in [-0.4, -0.2) is 25.7 Å².